The molecule has 0 radical (unpaired) electrons. The third-order valence-electron chi connectivity index (χ3n) is 3.63. The lowest BCUT2D eigenvalue weighted by atomic mass is 10.0. The Balaban J connectivity index is 1.77. The minimum absolute atomic E-state index is 0.250. The number of aromatic nitrogens is 2. The fourth-order valence-corrected chi connectivity index (χ4v) is 2.27. The summed E-state index contributed by atoms with van der Waals surface area (Å²) in [5.74, 6) is 0.866. The van der Waals surface area contributed by atoms with Crippen molar-refractivity contribution < 1.29 is 9.53 Å². The van der Waals surface area contributed by atoms with E-state index < -0.39 is 0 Å². The Morgan fingerprint density at radius 1 is 0.960 bits per heavy atom. The molecule has 0 bridgehead atoms. The van der Waals surface area contributed by atoms with E-state index in [4.69, 9.17) is 10.00 Å². The number of carbonyl (C=O) groups is 1. The average molecular weight is 329 g/mol. The molecule has 0 atom stereocenters. The van der Waals surface area contributed by atoms with E-state index in [1.54, 1.807) is 19.1 Å². The van der Waals surface area contributed by atoms with Crippen LogP contribution in [0.25, 0.3) is 22.5 Å². The third-order valence-corrected chi connectivity index (χ3v) is 3.63. The molecule has 25 heavy (non-hydrogen) atoms. The maximum atomic E-state index is 11.3. The quantitative estimate of drug-likeness (QED) is 0.534. The van der Waals surface area contributed by atoms with Crippen LogP contribution in [0.3, 0.4) is 0 Å². The Morgan fingerprint density at radius 2 is 1.48 bits per heavy atom. The number of carbonyl (C=O) groups excluding carboxylic acids is 1. The van der Waals surface area contributed by atoms with E-state index in [-0.39, 0.29) is 5.97 Å². The summed E-state index contributed by atoms with van der Waals surface area (Å²) in [6.07, 6.45) is 3.36. The number of ether oxygens (including phenoxy) is 1. The van der Waals surface area contributed by atoms with Crippen LogP contribution in [0.2, 0.25) is 0 Å². The van der Waals surface area contributed by atoms with Crippen molar-refractivity contribution in [3.05, 3.63) is 66.5 Å². The van der Waals surface area contributed by atoms with Crippen LogP contribution in [0.1, 0.15) is 18.9 Å². The Kier molecular flexibility index (Phi) is 4.82. The van der Waals surface area contributed by atoms with Gasteiger partial charge in [0.2, 0.25) is 0 Å². The van der Waals surface area contributed by atoms with Crippen LogP contribution in [0, 0.1) is 11.3 Å². The summed E-state index contributed by atoms with van der Waals surface area (Å²) in [5.41, 5.74) is 3.36. The van der Waals surface area contributed by atoms with E-state index in [0.717, 1.165) is 16.7 Å². The number of nitrogens with zero attached hydrogens (tertiary/aromatic N) is 3. The Labute approximate surface area is 145 Å². The summed E-state index contributed by atoms with van der Waals surface area (Å²) in [6, 6.07) is 17.2. The highest BCUT2D eigenvalue weighted by Gasteiger charge is 2.05. The molecule has 122 valence electrons. The van der Waals surface area contributed by atoms with Gasteiger partial charge in [-0.05, 0) is 23.3 Å². The molecule has 3 aromatic rings. The van der Waals surface area contributed by atoms with Gasteiger partial charge in [0.05, 0.1) is 5.56 Å². The highest BCUT2D eigenvalue weighted by Crippen LogP contribution is 2.25. The van der Waals surface area contributed by atoms with Gasteiger partial charge in [0.15, 0.2) is 5.82 Å². The molecule has 3 rings (SSSR count). The Hall–Kier alpha value is -3.52. The number of esters is 1. The minimum Gasteiger partial charge on any atom is -0.427 e. The molecule has 0 aliphatic carbocycles. The van der Waals surface area contributed by atoms with Gasteiger partial charge in [0, 0.05) is 24.4 Å². The maximum Gasteiger partial charge on any atom is 0.310 e. The number of nitriles is 1. The average Bonchev–Trinajstić information content (AvgIpc) is 2.69. The zero-order chi connectivity index (χ0) is 17.6. The van der Waals surface area contributed by atoms with Crippen molar-refractivity contribution in [2.24, 2.45) is 0 Å². The van der Waals surface area contributed by atoms with Gasteiger partial charge in [-0.2, -0.15) is 5.26 Å². The molecule has 2 aromatic carbocycles. The van der Waals surface area contributed by atoms with Crippen LogP contribution in [0.5, 0.6) is 5.75 Å². The van der Waals surface area contributed by atoms with Gasteiger partial charge in [0.25, 0.3) is 0 Å². The van der Waals surface area contributed by atoms with Crippen LogP contribution < -0.4 is 4.74 Å². The molecular formula is C20H15N3O2. The molecule has 0 fully saturated rings. The van der Waals surface area contributed by atoms with Gasteiger partial charge >= 0.3 is 5.97 Å². The summed E-state index contributed by atoms with van der Waals surface area (Å²) in [5, 5.41) is 8.79. The summed E-state index contributed by atoms with van der Waals surface area (Å²) in [4.78, 5) is 19.7. The van der Waals surface area contributed by atoms with Crippen molar-refractivity contribution in [3.8, 4) is 34.3 Å². The lowest BCUT2D eigenvalue weighted by Crippen LogP contribution is -2.05. The summed E-state index contributed by atoms with van der Waals surface area (Å²) in [6.45, 7) is 1.76. The maximum absolute atomic E-state index is 11.3. The summed E-state index contributed by atoms with van der Waals surface area (Å²) in [7, 11) is 0. The normalized spacial score (nSPS) is 10.1. The van der Waals surface area contributed by atoms with Crippen LogP contribution in [0.15, 0.2) is 60.9 Å². The molecule has 1 aromatic heterocycles. The van der Waals surface area contributed by atoms with Gasteiger partial charge in [-0.1, -0.05) is 43.3 Å². The van der Waals surface area contributed by atoms with Crippen LogP contribution in [0.4, 0.5) is 0 Å². The molecule has 1 heterocycles. The number of hydrogen-bond acceptors (Lipinski definition) is 5. The van der Waals surface area contributed by atoms with Crippen molar-refractivity contribution in [2.75, 3.05) is 0 Å². The predicted octanol–water partition coefficient (Wildman–Crippen LogP) is 4.00. The zero-order valence-corrected chi connectivity index (χ0v) is 13.6. The topological polar surface area (TPSA) is 75.9 Å². The van der Waals surface area contributed by atoms with E-state index in [2.05, 4.69) is 9.97 Å². The SMILES string of the molecule is CCC(=O)Oc1ccc(-c2ccc(-c3ncc(C#N)cn3)cc2)cc1. The predicted molar refractivity (Wildman–Crippen MR) is 93.5 cm³/mol. The fraction of sp³-hybridized carbons (Fsp3) is 0.100. The van der Waals surface area contributed by atoms with Crippen molar-refractivity contribution in [1.29, 1.82) is 5.26 Å². The molecule has 0 saturated carbocycles. The Morgan fingerprint density at radius 3 is 2.00 bits per heavy atom. The van der Waals surface area contributed by atoms with Crippen molar-refractivity contribution in [3.63, 3.8) is 0 Å². The van der Waals surface area contributed by atoms with Gasteiger partial charge < -0.3 is 4.74 Å². The van der Waals surface area contributed by atoms with Crippen molar-refractivity contribution in [2.45, 2.75) is 13.3 Å². The lowest BCUT2D eigenvalue weighted by molar-refractivity contribution is -0.134. The highest BCUT2D eigenvalue weighted by molar-refractivity contribution is 5.73. The van der Waals surface area contributed by atoms with Gasteiger partial charge in [0.1, 0.15) is 11.8 Å². The first-order valence-electron chi connectivity index (χ1n) is 7.83. The zero-order valence-electron chi connectivity index (χ0n) is 13.6. The molecule has 0 spiro atoms. The lowest BCUT2D eigenvalue weighted by Gasteiger charge is -2.06. The first kappa shape index (κ1) is 16.3. The fourth-order valence-electron chi connectivity index (χ4n) is 2.27. The molecular weight excluding hydrogens is 314 g/mol. The summed E-state index contributed by atoms with van der Waals surface area (Å²) < 4.78 is 5.17. The molecule has 0 amide bonds. The van der Waals surface area contributed by atoms with Gasteiger partial charge in [-0.25, -0.2) is 9.97 Å². The molecule has 5 nitrogen and oxygen atoms in total. The standard InChI is InChI=1S/C20H15N3O2/c1-2-19(24)25-18-9-7-16(8-10-18)15-3-5-17(6-4-15)20-22-12-14(11-21)13-23-20/h3-10,12-13H,2H2,1H3. The first-order chi connectivity index (χ1) is 12.2. The van der Waals surface area contributed by atoms with Crippen LogP contribution in [-0.4, -0.2) is 15.9 Å². The van der Waals surface area contributed by atoms with Gasteiger partial charge in [-0.3, -0.25) is 4.79 Å². The summed E-state index contributed by atoms with van der Waals surface area (Å²) >= 11 is 0. The number of rotatable bonds is 4. The number of hydrogen-bond donors (Lipinski definition) is 0. The second-order valence-corrected chi connectivity index (χ2v) is 5.34. The largest absolute Gasteiger partial charge is 0.427 e. The van der Waals surface area contributed by atoms with E-state index >= 15 is 0 Å². The van der Waals surface area contributed by atoms with Crippen molar-refractivity contribution in [1.82, 2.24) is 9.97 Å². The molecule has 0 saturated heterocycles. The van der Waals surface area contributed by atoms with Crippen molar-refractivity contribution >= 4 is 5.97 Å². The third kappa shape index (κ3) is 3.88. The van der Waals surface area contributed by atoms with Crippen LogP contribution >= 0.6 is 0 Å². The van der Waals surface area contributed by atoms with E-state index in [1.807, 2.05) is 42.5 Å². The second-order valence-electron chi connectivity index (χ2n) is 5.34. The molecule has 0 aliphatic heterocycles. The van der Waals surface area contributed by atoms with Gasteiger partial charge in [-0.15, -0.1) is 0 Å². The van der Waals surface area contributed by atoms with E-state index in [1.165, 1.54) is 12.4 Å². The molecule has 0 unspecified atom stereocenters. The van der Waals surface area contributed by atoms with E-state index in [9.17, 15) is 4.79 Å². The number of benzene rings is 2. The molecule has 5 heteroatoms. The monoisotopic (exact) mass is 329 g/mol. The minimum atomic E-state index is -0.250. The van der Waals surface area contributed by atoms with E-state index in [0.29, 0.717) is 23.6 Å². The Bertz CT molecular complexity index is 909. The molecule has 0 N–H and O–H groups in total. The first-order valence-corrected chi connectivity index (χ1v) is 7.83. The van der Waals surface area contributed by atoms with Crippen LogP contribution in [-0.2, 0) is 4.79 Å². The smallest absolute Gasteiger partial charge is 0.310 e. The second kappa shape index (κ2) is 7.37. The molecule has 0 aliphatic rings. The highest BCUT2D eigenvalue weighted by atomic mass is 16.5.